The van der Waals surface area contributed by atoms with Gasteiger partial charge in [-0.25, -0.2) is 0 Å². The van der Waals surface area contributed by atoms with Crippen molar-refractivity contribution in [1.82, 2.24) is 4.90 Å². The fourth-order valence-corrected chi connectivity index (χ4v) is 5.03. The predicted octanol–water partition coefficient (Wildman–Crippen LogP) is 6.28. The number of carbonyl (C=O) groups is 1. The molecule has 0 bridgehead atoms. The smallest absolute Gasteiger partial charge is 0.231 e. The zero-order chi connectivity index (χ0) is 27.0. The van der Waals surface area contributed by atoms with E-state index in [4.69, 9.17) is 10.5 Å². The van der Waals surface area contributed by atoms with Gasteiger partial charge in [0.1, 0.15) is 5.75 Å². The fraction of sp³-hybridized carbons (Fsp3) is 0.469. The summed E-state index contributed by atoms with van der Waals surface area (Å²) in [7, 11) is 0. The first-order valence-corrected chi connectivity index (χ1v) is 13.1. The van der Waals surface area contributed by atoms with Crippen molar-refractivity contribution in [3.8, 4) is 18.6 Å². The summed E-state index contributed by atoms with van der Waals surface area (Å²) in [6, 6.07) is 6.56. The number of fused-ring (bicyclic) bond motifs is 1. The molecule has 0 aliphatic carbocycles. The highest BCUT2D eigenvalue weighted by molar-refractivity contribution is 5.87. The largest absolute Gasteiger partial charge is 0.493 e. The van der Waals surface area contributed by atoms with Gasteiger partial charge in [0.05, 0.1) is 12.0 Å². The van der Waals surface area contributed by atoms with Crippen molar-refractivity contribution in [1.29, 1.82) is 0 Å². The van der Waals surface area contributed by atoms with E-state index in [9.17, 15) is 4.79 Å². The van der Waals surface area contributed by atoms with E-state index in [1.54, 1.807) is 0 Å². The lowest BCUT2D eigenvalue weighted by Crippen LogP contribution is -2.44. The van der Waals surface area contributed by atoms with Gasteiger partial charge in [0.2, 0.25) is 5.91 Å². The van der Waals surface area contributed by atoms with Gasteiger partial charge in [0, 0.05) is 19.5 Å². The van der Waals surface area contributed by atoms with Crippen LogP contribution in [0.4, 0.5) is 0 Å². The van der Waals surface area contributed by atoms with E-state index in [1.165, 1.54) is 11.1 Å². The number of carbonyl (C=O) groups excluding carboxylic acids is 1. The summed E-state index contributed by atoms with van der Waals surface area (Å²) >= 11 is 0. The first kappa shape index (κ1) is 31.0. The predicted molar refractivity (Wildman–Crippen MR) is 154 cm³/mol. The number of ether oxygens (including phenoxy) is 1. The van der Waals surface area contributed by atoms with Gasteiger partial charge >= 0.3 is 0 Å². The molecule has 3 rings (SSSR count). The van der Waals surface area contributed by atoms with Crippen molar-refractivity contribution in [3.63, 3.8) is 0 Å². The summed E-state index contributed by atoms with van der Waals surface area (Å²) in [6.07, 6.45) is 26.3. The lowest BCUT2D eigenvalue weighted by atomic mass is 9.68. The van der Waals surface area contributed by atoms with Crippen molar-refractivity contribution < 1.29 is 9.53 Å². The van der Waals surface area contributed by atoms with Crippen LogP contribution in [0.1, 0.15) is 58.6 Å². The Morgan fingerprint density at radius 1 is 1.22 bits per heavy atom. The molecule has 1 aromatic carbocycles. The first-order valence-electron chi connectivity index (χ1n) is 13.1. The van der Waals surface area contributed by atoms with Gasteiger partial charge in [-0.2, -0.15) is 0 Å². The van der Waals surface area contributed by atoms with Crippen LogP contribution in [-0.4, -0.2) is 37.0 Å². The minimum atomic E-state index is -0.714. The Morgan fingerprint density at radius 3 is 2.56 bits per heavy atom. The molecule has 1 fully saturated rings. The first-order chi connectivity index (χ1) is 17.4. The highest BCUT2D eigenvalue weighted by atomic mass is 16.5. The second-order valence-electron chi connectivity index (χ2n) is 9.16. The van der Waals surface area contributed by atoms with E-state index >= 15 is 0 Å². The van der Waals surface area contributed by atoms with Crippen molar-refractivity contribution in [2.45, 2.75) is 60.3 Å². The van der Waals surface area contributed by atoms with E-state index in [-0.39, 0.29) is 11.8 Å². The number of nitrogens with two attached hydrogens (primary N) is 1. The van der Waals surface area contributed by atoms with Crippen molar-refractivity contribution >= 4 is 5.91 Å². The van der Waals surface area contributed by atoms with Crippen LogP contribution in [0.3, 0.4) is 0 Å². The quantitative estimate of drug-likeness (QED) is 0.252. The van der Waals surface area contributed by atoms with Crippen molar-refractivity contribution in [2.24, 2.45) is 17.1 Å². The molecule has 0 aromatic heterocycles. The Balaban J connectivity index is 0.000000826. The van der Waals surface area contributed by atoms with Crippen LogP contribution in [0, 0.1) is 24.2 Å². The number of nitrogens with zero attached hydrogens (tertiary/aromatic N) is 1. The third-order valence-corrected chi connectivity index (χ3v) is 6.89. The number of hydrogen-bond donors (Lipinski definition) is 1. The Hall–Kier alpha value is -3.03. The normalized spacial score (nSPS) is 19.3. The molecule has 1 saturated heterocycles. The average molecular weight is 491 g/mol. The van der Waals surface area contributed by atoms with E-state index in [0.29, 0.717) is 0 Å². The average Bonchev–Trinajstić information content (AvgIpc) is 3.56. The number of rotatable bonds is 9. The molecule has 1 amide bonds. The van der Waals surface area contributed by atoms with Crippen LogP contribution in [-0.2, 0) is 17.6 Å². The SMILES string of the molecule is C#C.C/C=C\C=C(/C)C(/C=C/C)(C(N)=O)C1CCN(CCc2ccc3c(c2)CCO3)C1.C/C=C\CC. The fourth-order valence-electron chi connectivity index (χ4n) is 5.03. The van der Waals surface area contributed by atoms with Gasteiger partial charge in [-0.05, 0) is 76.6 Å². The molecule has 2 atom stereocenters. The lowest BCUT2D eigenvalue weighted by Gasteiger charge is -2.35. The van der Waals surface area contributed by atoms with Gasteiger partial charge < -0.3 is 15.4 Å². The van der Waals surface area contributed by atoms with Crippen molar-refractivity contribution in [3.05, 3.63) is 77.4 Å². The number of amides is 1. The molecule has 2 heterocycles. The highest BCUT2D eigenvalue weighted by Gasteiger charge is 2.46. The van der Waals surface area contributed by atoms with Crippen LogP contribution in [0.5, 0.6) is 5.75 Å². The van der Waals surface area contributed by atoms with Crippen LogP contribution in [0.2, 0.25) is 0 Å². The number of terminal acetylenes is 1. The molecule has 196 valence electrons. The topological polar surface area (TPSA) is 55.6 Å². The van der Waals surface area contributed by atoms with E-state index < -0.39 is 5.41 Å². The zero-order valence-electron chi connectivity index (χ0n) is 23.0. The van der Waals surface area contributed by atoms with Crippen LogP contribution < -0.4 is 10.5 Å². The summed E-state index contributed by atoms with van der Waals surface area (Å²) < 4.78 is 5.61. The monoisotopic (exact) mass is 490 g/mol. The molecule has 2 unspecified atom stereocenters. The summed E-state index contributed by atoms with van der Waals surface area (Å²) in [6.45, 7) is 13.8. The van der Waals surface area contributed by atoms with Crippen LogP contribution >= 0.6 is 0 Å². The Labute approximate surface area is 220 Å². The molecule has 1 aromatic rings. The molecule has 2 N–H and O–H groups in total. The number of likely N-dealkylation sites (tertiary alicyclic amines) is 1. The molecule has 0 saturated carbocycles. The maximum atomic E-state index is 12.7. The van der Waals surface area contributed by atoms with Crippen LogP contribution in [0.15, 0.2) is 66.3 Å². The number of allylic oxidation sites excluding steroid dienone is 6. The molecular formula is C32H46N2O2. The Kier molecular flexibility index (Phi) is 14.3. The van der Waals surface area contributed by atoms with E-state index in [1.807, 2.05) is 58.1 Å². The van der Waals surface area contributed by atoms with Gasteiger partial charge in [0.25, 0.3) is 0 Å². The van der Waals surface area contributed by atoms with E-state index in [0.717, 1.165) is 63.2 Å². The van der Waals surface area contributed by atoms with Gasteiger partial charge in [0.15, 0.2) is 0 Å². The highest BCUT2D eigenvalue weighted by Crippen LogP contribution is 2.42. The lowest BCUT2D eigenvalue weighted by molar-refractivity contribution is -0.125. The maximum Gasteiger partial charge on any atom is 0.231 e. The summed E-state index contributed by atoms with van der Waals surface area (Å²) in [5.74, 6) is 0.987. The van der Waals surface area contributed by atoms with Crippen LogP contribution in [0.25, 0.3) is 0 Å². The van der Waals surface area contributed by atoms with Gasteiger partial charge in [-0.3, -0.25) is 4.79 Å². The van der Waals surface area contributed by atoms with Gasteiger partial charge in [-0.15, -0.1) is 12.8 Å². The molecule has 2 aliphatic heterocycles. The minimum absolute atomic E-state index is 0.200. The van der Waals surface area contributed by atoms with Crippen molar-refractivity contribution in [2.75, 3.05) is 26.2 Å². The maximum absolute atomic E-state index is 12.7. The third kappa shape index (κ3) is 8.28. The third-order valence-electron chi connectivity index (χ3n) is 6.89. The second kappa shape index (κ2) is 16.6. The minimum Gasteiger partial charge on any atom is -0.493 e. The number of primary amides is 1. The molecule has 36 heavy (non-hydrogen) atoms. The van der Waals surface area contributed by atoms with E-state index in [2.05, 4.69) is 55.0 Å². The number of hydrogen-bond acceptors (Lipinski definition) is 3. The van der Waals surface area contributed by atoms with Gasteiger partial charge in [-0.1, -0.05) is 67.2 Å². The Morgan fingerprint density at radius 2 is 1.97 bits per heavy atom. The summed E-state index contributed by atoms with van der Waals surface area (Å²) in [4.78, 5) is 15.1. The number of benzene rings is 1. The Bertz CT molecular complexity index is 954. The molecular weight excluding hydrogens is 444 g/mol. The molecule has 0 spiro atoms. The molecule has 0 radical (unpaired) electrons. The second-order valence-corrected chi connectivity index (χ2v) is 9.16. The molecule has 4 nitrogen and oxygen atoms in total. The summed E-state index contributed by atoms with van der Waals surface area (Å²) in [5, 5.41) is 0. The summed E-state index contributed by atoms with van der Waals surface area (Å²) in [5.41, 5.74) is 8.98. The zero-order valence-corrected chi connectivity index (χ0v) is 23.0. The molecule has 4 heteroatoms. The standard InChI is InChI=1S/C25H34N2O2.C5H10.C2H2/c1-4-6-7-19(3)25(13-5-2,24(26)28)22-11-15-27(18-22)14-10-20-8-9-23-21(17-20)12-16-29-23;1-3-5-4-2;1-2/h4-9,13,17,22H,10-12,14-16,18H2,1-3H3,(H2,26,28);3,5H,4H2,1-2H3;1-2H/b6-4-,13-5+,19-7+;5-3-;. The molecule has 2 aliphatic rings.